The van der Waals surface area contributed by atoms with Gasteiger partial charge in [0.1, 0.15) is 18.3 Å². The van der Waals surface area contributed by atoms with Crippen LogP contribution in [0.1, 0.15) is 97.3 Å². The Hall–Kier alpha value is -1.46. The number of carbonyl (C=O) groups excluding carboxylic acids is 2. The molecule has 0 aliphatic heterocycles. The molecule has 0 amide bonds. The van der Waals surface area contributed by atoms with Crippen LogP contribution in [0, 0.1) is 5.92 Å². The van der Waals surface area contributed by atoms with Crippen molar-refractivity contribution in [2.45, 2.75) is 116 Å². The first kappa shape index (κ1) is 22.8. The summed E-state index contributed by atoms with van der Waals surface area (Å²) in [6, 6.07) is 0. The first-order valence-corrected chi connectivity index (χ1v) is 11.2. The lowest BCUT2D eigenvalue weighted by atomic mass is 9.95. The molecule has 2 saturated carbocycles. The van der Waals surface area contributed by atoms with Gasteiger partial charge in [-0.1, -0.05) is 39.5 Å². The molecule has 0 unspecified atom stereocenters. The van der Waals surface area contributed by atoms with Crippen LogP contribution in [0.2, 0.25) is 0 Å². The Morgan fingerprint density at radius 2 is 1.25 bits per heavy atom. The van der Waals surface area contributed by atoms with Crippen LogP contribution in [0.5, 0.6) is 0 Å². The number of carbonyl (C=O) groups is 2. The van der Waals surface area contributed by atoms with E-state index in [1.165, 1.54) is 19.3 Å². The predicted molar refractivity (Wildman–Crippen MR) is 106 cm³/mol. The van der Waals surface area contributed by atoms with Crippen molar-refractivity contribution in [1.29, 1.82) is 0 Å². The second kappa shape index (κ2) is 12.9. The Labute approximate surface area is 169 Å². The number of unbranched alkanes of at least 4 members (excludes halogenated alkanes) is 2. The summed E-state index contributed by atoms with van der Waals surface area (Å²) in [6.45, 7) is 4.85. The van der Waals surface area contributed by atoms with Gasteiger partial charge in [-0.25, -0.2) is 9.59 Å². The maximum Gasteiger partial charge on any atom is 0.508 e. The highest BCUT2D eigenvalue weighted by atomic mass is 16.7. The molecule has 6 nitrogen and oxygen atoms in total. The summed E-state index contributed by atoms with van der Waals surface area (Å²) in [7, 11) is 0. The molecule has 0 radical (unpaired) electrons. The third kappa shape index (κ3) is 9.65. The topological polar surface area (TPSA) is 71.1 Å². The van der Waals surface area contributed by atoms with Gasteiger partial charge in [-0.2, -0.15) is 0 Å². The smallest absolute Gasteiger partial charge is 0.434 e. The number of hydrogen-bond donors (Lipinski definition) is 0. The minimum absolute atomic E-state index is 0.0149. The van der Waals surface area contributed by atoms with E-state index in [0.29, 0.717) is 32.3 Å². The second-order valence-corrected chi connectivity index (χ2v) is 8.60. The van der Waals surface area contributed by atoms with Gasteiger partial charge in [0.2, 0.25) is 0 Å². The molecular formula is C22H38O6. The van der Waals surface area contributed by atoms with Crippen LogP contribution in [-0.4, -0.2) is 37.2 Å². The van der Waals surface area contributed by atoms with E-state index in [4.69, 9.17) is 18.9 Å². The van der Waals surface area contributed by atoms with E-state index in [9.17, 15) is 9.59 Å². The Morgan fingerprint density at radius 1 is 0.714 bits per heavy atom. The third-order valence-electron chi connectivity index (χ3n) is 5.61. The van der Waals surface area contributed by atoms with Gasteiger partial charge in [-0.15, -0.1) is 0 Å². The highest BCUT2D eigenvalue weighted by Gasteiger charge is 2.28. The van der Waals surface area contributed by atoms with Gasteiger partial charge in [0.05, 0.1) is 6.61 Å². The number of ether oxygens (including phenoxy) is 4. The molecule has 2 aliphatic carbocycles. The quantitative estimate of drug-likeness (QED) is 0.342. The van der Waals surface area contributed by atoms with Crippen molar-refractivity contribution in [3.63, 3.8) is 0 Å². The van der Waals surface area contributed by atoms with E-state index in [1.54, 1.807) is 0 Å². The molecule has 6 heteroatoms. The Bertz CT molecular complexity index is 450. The van der Waals surface area contributed by atoms with Crippen molar-refractivity contribution in [3.8, 4) is 0 Å². The molecule has 28 heavy (non-hydrogen) atoms. The lowest BCUT2D eigenvalue weighted by molar-refractivity contribution is -0.0401. The van der Waals surface area contributed by atoms with E-state index in [0.717, 1.165) is 44.4 Å². The fourth-order valence-electron chi connectivity index (χ4n) is 3.91. The first-order chi connectivity index (χ1) is 13.5. The lowest BCUT2D eigenvalue weighted by Crippen LogP contribution is -2.31. The molecule has 0 aromatic rings. The van der Waals surface area contributed by atoms with Gasteiger partial charge >= 0.3 is 12.3 Å². The predicted octanol–water partition coefficient (Wildman–Crippen LogP) is 6.15. The Balaban J connectivity index is 1.50. The van der Waals surface area contributed by atoms with Gasteiger partial charge in [-0.3, -0.25) is 0 Å². The van der Waals surface area contributed by atoms with Crippen LogP contribution >= 0.6 is 0 Å². The fourth-order valence-corrected chi connectivity index (χ4v) is 3.91. The highest BCUT2D eigenvalue weighted by Crippen LogP contribution is 2.26. The highest BCUT2D eigenvalue weighted by molar-refractivity contribution is 5.60. The van der Waals surface area contributed by atoms with Crippen molar-refractivity contribution in [1.82, 2.24) is 0 Å². The summed E-state index contributed by atoms with van der Waals surface area (Å²) in [5, 5.41) is 0. The monoisotopic (exact) mass is 398 g/mol. The van der Waals surface area contributed by atoms with Crippen LogP contribution in [0.4, 0.5) is 9.59 Å². The second-order valence-electron chi connectivity index (χ2n) is 8.60. The van der Waals surface area contributed by atoms with Crippen molar-refractivity contribution in [2.75, 3.05) is 6.61 Å². The molecule has 162 valence electrons. The van der Waals surface area contributed by atoms with Crippen LogP contribution in [0.15, 0.2) is 0 Å². The summed E-state index contributed by atoms with van der Waals surface area (Å²) in [5.41, 5.74) is 0. The maximum atomic E-state index is 11.9. The average Bonchev–Trinajstić information content (AvgIpc) is 2.66. The zero-order valence-electron chi connectivity index (χ0n) is 17.7. The largest absolute Gasteiger partial charge is 0.508 e. The summed E-state index contributed by atoms with van der Waals surface area (Å²) in [5.74, 6) is 0.721. The van der Waals surface area contributed by atoms with E-state index in [-0.39, 0.29) is 18.3 Å². The van der Waals surface area contributed by atoms with Gasteiger partial charge in [0.25, 0.3) is 0 Å². The summed E-state index contributed by atoms with van der Waals surface area (Å²) in [4.78, 5) is 23.7. The molecule has 0 heterocycles. The molecule has 2 rings (SSSR count). The summed E-state index contributed by atoms with van der Waals surface area (Å²) < 4.78 is 21.4. The number of hydrogen-bond acceptors (Lipinski definition) is 6. The lowest BCUT2D eigenvalue weighted by Gasteiger charge is -2.28. The molecule has 0 aromatic carbocycles. The molecular weight excluding hydrogens is 360 g/mol. The van der Waals surface area contributed by atoms with Gasteiger partial charge < -0.3 is 18.9 Å². The average molecular weight is 399 g/mol. The Kier molecular flexibility index (Phi) is 10.5. The minimum Gasteiger partial charge on any atom is -0.434 e. The van der Waals surface area contributed by atoms with Crippen LogP contribution in [0.25, 0.3) is 0 Å². The SMILES string of the molecule is CC(C)CCCCCOC(=O)OC1CCC(OC(=O)OC2CCCCC2)CC1. The van der Waals surface area contributed by atoms with Crippen molar-refractivity contribution in [2.24, 2.45) is 5.92 Å². The van der Waals surface area contributed by atoms with E-state index < -0.39 is 12.3 Å². The van der Waals surface area contributed by atoms with E-state index >= 15 is 0 Å². The molecule has 0 atom stereocenters. The maximum absolute atomic E-state index is 11.9. The third-order valence-corrected chi connectivity index (χ3v) is 5.61. The summed E-state index contributed by atoms with van der Waals surface area (Å²) >= 11 is 0. The van der Waals surface area contributed by atoms with Crippen molar-refractivity contribution >= 4 is 12.3 Å². The zero-order valence-corrected chi connectivity index (χ0v) is 17.7. The Morgan fingerprint density at radius 3 is 1.82 bits per heavy atom. The van der Waals surface area contributed by atoms with Gasteiger partial charge in [0, 0.05) is 0 Å². The normalized spacial score (nSPS) is 23.2. The van der Waals surface area contributed by atoms with E-state index in [1.807, 2.05) is 0 Å². The van der Waals surface area contributed by atoms with Crippen LogP contribution in [0.3, 0.4) is 0 Å². The molecule has 0 spiro atoms. The van der Waals surface area contributed by atoms with Crippen LogP contribution < -0.4 is 0 Å². The standard InChI is InChI=1S/C22H38O6/c1-17(2)9-5-4-8-16-25-21(23)26-19-12-14-20(15-13-19)28-22(24)27-18-10-6-3-7-11-18/h17-20H,3-16H2,1-2H3. The molecule has 0 saturated heterocycles. The molecule has 2 fully saturated rings. The van der Waals surface area contributed by atoms with Gasteiger partial charge in [-0.05, 0) is 63.7 Å². The first-order valence-electron chi connectivity index (χ1n) is 11.2. The molecule has 0 bridgehead atoms. The zero-order chi connectivity index (χ0) is 20.2. The van der Waals surface area contributed by atoms with E-state index in [2.05, 4.69) is 13.8 Å². The fraction of sp³-hybridized carbons (Fsp3) is 0.909. The summed E-state index contributed by atoms with van der Waals surface area (Å²) in [6.07, 6.45) is 11.0. The molecule has 0 aromatic heterocycles. The minimum atomic E-state index is -0.579. The van der Waals surface area contributed by atoms with Crippen LogP contribution in [-0.2, 0) is 18.9 Å². The van der Waals surface area contributed by atoms with Gasteiger partial charge in [0.15, 0.2) is 0 Å². The molecule has 2 aliphatic rings. The molecule has 0 N–H and O–H groups in total. The van der Waals surface area contributed by atoms with Crippen molar-refractivity contribution < 1.29 is 28.5 Å². The number of rotatable bonds is 9. The van der Waals surface area contributed by atoms with Crippen molar-refractivity contribution in [3.05, 3.63) is 0 Å².